The van der Waals surface area contributed by atoms with Crippen LogP contribution >= 0.6 is 0 Å². The third kappa shape index (κ3) is 2.56. The number of ether oxygens (including phenoxy) is 1. The molecule has 2 aliphatic rings. The molecule has 0 amide bonds. The maximum absolute atomic E-state index is 13.2. The van der Waals surface area contributed by atoms with Gasteiger partial charge in [-0.25, -0.2) is 13.6 Å². The zero-order chi connectivity index (χ0) is 16.0. The normalized spacial score (nSPS) is 18.9. The Morgan fingerprint density at radius 3 is 2.78 bits per heavy atom. The Morgan fingerprint density at radius 1 is 1.22 bits per heavy atom. The van der Waals surface area contributed by atoms with Crippen molar-refractivity contribution in [2.75, 3.05) is 11.4 Å². The van der Waals surface area contributed by atoms with E-state index in [-0.39, 0.29) is 18.2 Å². The molecule has 2 aromatic rings. The zero-order valence-electron chi connectivity index (χ0n) is 12.3. The Bertz CT molecular complexity index is 801. The number of benzene rings is 1. The molecule has 1 aromatic carbocycles. The van der Waals surface area contributed by atoms with Crippen LogP contribution in [0, 0.1) is 11.6 Å². The fourth-order valence-corrected chi connectivity index (χ4v) is 3.35. The van der Waals surface area contributed by atoms with Crippen LogP contribution in [0.15, 0.2) is 29.1 Å². The smallest absolute Gasteiger partial charge is 0.352 e. The summed E-state index contributed by atoms with van der Waals surface area (Å²) < 4.78 is 33.5. The molecule has 0 N–H and O–H groups in total. The molecule has 1 atom stereocenters. The van der Waals surface area contributed by atoms with Gasteiger partial charge >= 0.3 is 5.69 Å². The monoisotopic (exact) mass is 319 g/mol. The summed E-state index contributed by atoms with van der Waals surface area (Å²) >= 11 is 0. The highest BCUT2D eigenvalue weighted by Crippen LogP contribution is 2.32. The standard InChI is InChI=1S/C16H15F2N3O2/c17-11-4-10(5-12(18)6-11)9-23-14-7-15-20-3-1-2-13(20)8-21(15)16(22)19-14/h4-7,13H,1-3,8-9H2/t13-/m1/s1. The maximum atomic E-state index is 13.2. The molecule has 5 nitrogen and oxygen atoms in total. The Labute approximate surface area is 131 Å². The van der Waals surface area contributed by atoms with Crippen molar-refractivity contribution in [3.8, 4) is 5.88 Å². The first kappa shape index (κ1) is 14.2. The number of hydrogen-bond acceptors (Lipinski definition) is 4. The van der Waals surface area contributed by atoms with Gasteiger partial charge in [-0.1, -0.05) is 0 Å². The summed E-state index contributed by atoms with van der Waals surface area (Å²) in [4.78, 5) is 18.2. The van der Waals surface area contributed by atoms with E-state index in [1.54, 1.807) is 10.6 Å². The average Bonchev–Trinajstić information content (AvgIpc) is 3.06. The molecule has 120 valence electrons. The van der Waals surface area contributed by atoms with Gasteiger partial charge in [0, 0.05) is 31.3 Å². The van der Waals surface area contributed by atoms with Gasteiger partial charge in [0.25, 0.3) is 0 Å². The van der Waals surface area contributed by atoms with E-state index >= 15 is 0 Å². The van der Waals surface area contributed by atoms with Crippen LogP contribution in [0.5, 0.6) is 5.88 Å². The second-order valence-corrected chi connectivity index (χ2v) is 5.90. The highest BCUT2D eigenvalue weighted by molar-refractivity contribution is 5.48. The second kappa shape index (κ2) is 5.33. The summed E-state index contributed by atoms with van der Waals surface area (Å²) in [6.07, 6.45) is 2.18. The van der Waals surface area contributed by atoms with E-state index in [9.17, 15) is 13.6 Å². The van der Waals surface area contributed by atoms with Crippen molar-refractivity contribution in [2.45, 2.75) is 32.0 Å². The number of aromatic nitrogens is 2. The van der Waals surface area contributed by atoms with E-state index in [2.05, 4.69) is 9.88 Å². The summed E-state index contributed by atoms with van der Waals surface area (Å²) in [5.74, 6) is -0.331. The van der Waals surface area contributed by atoms with Crippen LogP contribution in [0.1, 0.15) is 18.4 Å². The van der Waals surface area contributed by atoms with Crippen LogP contribution in [0.4, 0.5) is 14.6 Å². The molecule has 3 heterocycles. The van der Waals surface area contributed by atoms with Crippen LogP contribution < -0.4 is 15.3 Å². The fraction of sp³-hybridized carbons (Fsp3) is 0.375. The number of fused-ring (bicyclic) bond motifs is 3. The Balaban J connectivity index is 1.57. The average molecular weight is 319 g/mol. The molecule has 0 aliphatic carbocycles. The van der Waals surface area contributed by atoms with E-state index < -0.39 is 11.6 Å². The first-order valence-electron chi connectivity index (χ1n) is 7.56. The lowest BCUT2D eigenvalue weighted by atomic mass is 10.2. The van der Waals surface area contributed by atoms with Gasteiger partial charge in [-0.05, 0) is 30.5 Å². The van der Waals surface area contributed by atoms with Gasteiger partial charge in [-0.2, -0.15) is 4.98 Å². The minimum absolute atomic E-state index is 0.0476. The van der Waals surface area contributed by atoms with Crippen molar-refractivity contribution in [3.05, 3.63) is 51.9 Å². The lowest BCUT2D eigenvalue weighted by molar-refractivity contribution is 0.290. The first-order chi connectivity index (χ1) is 11.1. The summed E-state index contributed by atoms with van der Waals surface area (Å²) in [7, 11) is 0. The maximum Gasteiger partial charge on any atom is 0.352 e. The molecule has 2 aliphatic heterocycles. The van der Waals surface area contributed by atoms with Crippen molar-refractivity contribution in [1.82, 2.24) is 9.55 Å². The molecule has 1 saturated heterocycles. The number of nitrogens with zero attached hydrogens (tertiary/aromatic N) is 3. The van der Waals surface area contributed by atoms with Crippen LogP contribution in [0.25, 0.3) is 0 Å². The van der Waals surface area contributed by atoms with Crippen molar-refractivity contribution in [1.29, 1.82) is 0 Å². The number of rotatable bonds is 3. The molecule has 7 heteroatoms. The highest BCUT2D eigenvalue weighted by atomic mass is 19.1. The molecule has 1 fully saturated rings. The van der Waals surface area contributed by atoms with E-state index in [4.69, 9.17) is 4.74 Å². The fourth-order valence-electron chi connectivity index (χ4n) is 3.35. The molecular weight excluding hydrogens is 304 g/mol. The molecule has 0 radical (unpaired) electrons. The topological polar surface area (TPSA) is 47.4 Å². The molecule has 1 aromatic heterocycles. The lowest BCUT2D eigenvalue weighted by Crippen LogP contribution is -2.24. The van der Waals surface area contributed by atoms with E-state index in [1.165, 1.54) is 12.1 Å². The molecule has 4 rings (SSSR count). The van der Waals surface area contributed by atoms with Gasteiger partial charge in [0.15, 0.2) is 0 Å². The van der Waals surface area contributed by atoms with Gasteiger partial charge < -0.3 is 9.64 Å². The summed E-state index contributed by atoms with van der Waals surface area (Å²) in [5.41, 5.74) is 0.00118. The van der Waals surface area contributed by atoms with Crippen molar-refractivity contribution >= 4 is 5.82 Å². The summed E-state index contributed by atoms with van der Waals surface area (Å²) in [6.45, 7) is 1.53. The number of hydrogen-bond donors (Lipinski definition) is 0. The Kier molecular flexibility index (Phi) is 3.28. The van der Waals surface area contributed by atoms with Gasteiger partial charge in [-0.15, -0.1) is 0 Å². The molecule has 0 saturated carbocycles. The van der Waals surface area contributed by atoms with E-state index in [1.807, 2.05) is 0 Å². The highest BCUT2D eigenvalue weighted by Gasteiger charge is 2.34. The Hall–Kier alpha value is -2.44. The third-order valence-electron chi connectivity index (χ3n) is 4.34. The lowest BCUT2D eigenvalue weighted by Gasteiger charge is -2.17. The number of halogens is 2. The minimum atomic E-state index is -0.662. The second-order valence-electron chi connectivity index (χ2n) is 5.90. The van der Waals surface area contributed by atoms with Crippen molar-refractivity contribution in [2.24, 2.45) is 0 Å². The van der Waals surface area contributed by atoms with E-state index in [0.29, 0.717) is 18.2 Å². The van der Waals surface area contributed by atoms with Crippen LogP contribution in [-0.2, 0) is 13.2 Å². The largest absolute Gasteiger partial charge is 0.473 e. The first-order valence-corrected chi connectivity index (χ1v) is 7.56. The predicted octanol–water partition coefficient (Wildman–Crippen LogP) is 2.08. The van der Waals surface area contributed by atoms with Crippen molar-refractivity contribution in [3.63, 3.8) is 0 Å². The van der Waals surface area contributed by atoms with Crippen LogP contribution in [-0.4, -0.2) is 22.1 Å². The van der Waals surface area contributed by atoms with Gasteiger partial charge in [0.05, 0.1) is 0 Å². The Morgan fingerprint density at radius 2 is 2.00 bits per heavy atom. The van der Waals surface area contributed by atoms with Crippen molar-refractivity contribution < 1.29 is 13.5 Å². The van der Waals surface area contributed by atoms with Gasteiger partial charge in [0.1, 0.15) is 24.1 Å². The third-order valence-corrected chi connectivity index (χ3v) is 4.34. The minimum Gasteiger partial charge on any atom is -0.473 e. The molecule has 0 bridgehead atoms. The summed E-state index contributed by atoms with van der Waals surface area (Å²) in [6, 6.07) is 5.27. The number of anilines is 1. The molecular formula is C16H15F2N3O2. The summed E-state index contributed by atoms with van der Waals surface area (Å²) in [5, 5.41) is 0. The zero-order valence-corrected chi connectivity index (χ0v) is 12.3. The molecule has 0 spiro atoms. The molecule has 23 heavy (non-hydrogen) atoms. The van der Waals surface area contributed by atoms with E-state index in [0.717, 1.165) is 31.3 Å². The van der Waals surface area contributed by atoms with Crippen LogP contribution in [0.2, 0.25) is 0 Å². The SMILES string of the molecule is O=c1nc(OCc2cc(F)cc(F)c2)cc2n1C[C@H]1CCCN21. The quantitative estimate of drug-likeness (QED) is 0.869. The van der Waals surface area contributed by atoms with Crippen LogP contribution in [0.3, 0.4) is 0 Å². The predicted molar refractivity (Wildman–Crippen MR) is 79.6 cm³/mol. The van der Waals surface area contributed by atoms with Gasteiger partial charge in [-0.3, -0.25) is 4.57 Å². The van der Waals surface area contributed by atoms with Gasteiger partial charge in [0.2, 0.25) is 5.88 Å². The molecule has 0 unspecified atom stereocenters.